The maximum atomic E-state index is 12.2. The molecular formula is C16H22N2O3. The molecule has 0 radical (unpaired) electrons. The Kier molecular flexibility index (Phi) is 4.50. The van der Waals surface area contributed by atoms with Crippen LogP contribution in [0, 0.1) is 12.3 Å². The Morgan fingerprint density at radius 1 is 1.29 bits per heavy atom. The SMILES string of the molecule is Cc1ccccc1N(C)C(=O)NCC1(C(=O)O)CCCC1. The average Bonchev–Trinajstić information content (AvgIpc) is 2.95. The van der Waals surface area contributed by atoms with Gasteiger partial charge in [0, 0.05) is 19.3 Å². The Balaban J connectivity index is 2.01. The number of carbonyl (C=O) groups is 2. The summed E-state index contributed by atoms with van der Waals surface area (Å²) < 4.78 is 0. The Bertz CT molecular complexity index is 536. The number of para-hydroxylation sites is 1. The highest BCUT2D eigenvalue weighted by atomic mass is 16.4. The summed E-state index contributed by atoms with van der Waals surface area (Å²) in [5, 5.41) is 12.2. The minimum absolute atomic E-state index is 0.192. The molecule has 114 valence electrons. The molecule has 2 rings (SSSR count). The predicted molar refractivity (Wildman–Crippen MR) is 81.5 cm³/mol. The number of aliphatic carboxylic acids is 1. The van der Waals surface area contributed by atoms with Crippen LogP contribution in [0.1, 0.15) is 31.2 Å². The smallest absolute Gasteiger partial charge is 0.321 e. The van der Waals surface area contributed by atoms with Gasteiger partial charge >= 0.3 is 12.0 Å². The molecule has 0 atom stereocenters. The van der Waals surface area contributed by atoms with Crippen molar-refractivity contribution in [1.29, 1.82) is 0 Å². The van der Waals surface area contributed by atoms with Gasteiger partial charge in [-0.15, -0.1) is 0 Å². The fourth-order valence-corrected chi connectivity index (χ4v) is 2.93. The van der Waals surface area contributed by atoms with Crippen molar-refractivity contribution >= 4 is 17.7 Å². The van der Waals surface area contributed by atoms with Crippen molar-refractivity contribution in [2.45, 2.75) is 32.6 Å². The van der Waals surface area contributed by atoms with Gasteiger partial charge in [0.15, 0.2) is 0 Å². The van der Waals surface area contributed by atoms with Crippen molar-refractivity contribution < 1.29 is 14.7 Å². The molecule has 5 heteroatoms. The lowest BCUT2D eigenvalue weighted by Crippen LogP contribution is -2.45. The van der Waals surface area contributed by atoms with Gasteiger partial charge in [0.05, 0.1) is 5.41 Å². The van der Waals surface area contributed by atoms with E-state index in [2.05, 4.69) is 5.32 Å². The standard InChI is InChI=1S/C16H22N2O3/c1-12-7-3-4-8-13(12)18(2)15(21)17-11-16(14(19)20)9-5-6-10-16/h3-4,7-8H,5-6,9-11H2,1-2H3,(H,17,21)(H,19,20). The van der Waals surface area contributed by atoms with Crippen LogP contribution in [-0.4, -0.2) is 30.7 Å². The molecule has 5 nitrogen and oxygen atoms in total. The first kappa shape index (κ1) is 15.4. The number of carboxylic acids is 1. The number of carboxylic acid groups (broad SMARTS) is 1. The van der Waals surface area contributed by atoms with Gasteiger partial charge in [-0.25, -0.2) is 4.79 Å². The summed E-state index contributed by atoms with van der Waals surface area (Å²) in [7, 11) is 1.69. The van der Waals surface area contributed by atoms with E-state index in [1.807, 2.05) is 31.2 Å². The molecule has 2 N–H and O–H groups in total. The lowest BCUT2D eigenvalue weighted by atomic mass is 9.86. The molecule has 0 spiro atoms. The molecule has 0 aromatic heterocycles. The third-order valence-corrected chi connectivity index (χ3v) is 4.37. The first-order chi connectivity index (χ1) is 9.96. The highest BCUT2D eigenvalue weighted by Crippen LogP contribution is 2.37. The van der Waals surface area contributed by atoms with E-state index in [-0.39, 0.29) is 12.6 Å². The van der Waals surface area contributed by atoms with Crippen molar-refractivity contribution in [2.24, 2.45) is 5.41 Å². The molecule has 1 aromatic carbocycles. The van der Waals surface area contributed by atoms with E-state index in [1.54, 1.807) is 7.05 Å². The Morgan fingerprint density at radius 2 is 1.90 bits per heavy atom. The Labute approximate surface area is 125 Å². The number of urea groups is 1. The molecule has 1 aliphatic rings. The maximum absolute atomic E-state index is 12.2. The number of rotatable bonds is 4. The van der Waals surface area contributed by atoms with Crippen molar-refractivity contribution in [1.82, 2.24) is 5.32 Å². The minimum Gasteiger partial charge on any atom is -0.481 e. The highest BCUT2D eigenvalue weighted by molar-refractivity contribution is 5.92. The third-order valence-electron chi connectivity index (χ3n) is 4.37. The zero-order chi connectivity index (χ0) is 15.5. The summed E-state index contributed by atoms with van der Waals surface area (Å²) in [5.41, 5.74) is 1.04. The second-order valence-corrected chi connectivity index (χ2v) is 5.80. The maximum Gasteiger partial charge on any atom is 0.321 e. The third kappa shape index (κ3) is 3.17. The Hall–Kier alpha value is -2.04. The van der Waals surface area contributed by atoms with E-state index in [0.717, 1.165) is 24.1 Å². The summed E-state index contributed by atoms with van der Waals surface area (Å²) in [5.74, 6) is -0.807. The number of amides is 2. The second kappa shape index (κ2) is 6.16. The number of benzene rings is 1. The van der Waals surface area contributed by atoms with Crippen LogP contribution in [0.15, 0.2) is 24.3 Å². The first-order valence-electron chi connectivity index (χ1n) is 7.27. The zero-order valence-corrected chi connectivity index (χ0v) is 12.6. The van der Waals surface area contributed by atoms with Crippen LogP contribution in [0.4, 0.5) is 10.5 Å². The number of hydrogen-bond donors (Lipinski definition) is 2. The van der Waals surface area contributed by atoms with Crippen LogP contribution in [0.2, 0.25) is 0 Å². The second-order valence-electron chi connectivity index (χ2n) is 5.80. The number of hydrogen-bond acceptors (Lipinski definition) is 2. The van der Waals surface area contributed by atoms with Gasteiger partial charge < -0.3 is 10.4 Å². The van der Waals surface area contributed by atoms with Gasteiger partial charge in [0.25, 0.3) is 0 Å². The molecule has 2 amide bonds. The lowest BCUT2D eigenvalue weighted by Gasteiger charge is -2.26. The fraction of sp³-hybridized carbons (Fsp3) is 0.500. The van der Waals surface area contributed by atoms with Crippen molar-refractivity contribution in [3.8, 4) is 0 Å². The van der Waals surface area contributed by atoms with Gasteiger partial charge in [-0.2, -0.15) is 0 Å². The average molecular weight is 290 g/mol. The van der Waals surface area contributed by atoms with Crippen molar-refractivity contribution in [3.05, 3.63) is 29.8 Å². The van der Waals surface area contributed by atoms with E-state index >= 15 is 0 Å². The molecule has 0 unspecified atom stereocenters. The Morgan fingerprint density at radius 3 is 2.48 bits per heavy atom. The van der Waals surface area contributed by atoms with E-state index in [1.165, 1.54) is 4.90 Å². The van der Waals surface area contributed by atoms with Gasteiger partial charge in [-0.05, 0) is 31.4 Å². The summed E-state index contributed by atoms with van der Waals surface area (Å²) >= 11 is 0. The molecular weight excluding hydrogens is 268 g/mol. The molecule has 0 heterocycles. The molecule has 0 bridgehead atoms. The van der Waals surface area contributed by atoms with E-state index < -0.39 is 11.4 Å². The zero-order valence-electron chi connectivity index (χ0n) is 12.6. The van der Waals surface area contributed by atoms with Gasteiger partial charge in [0.1, 0.15) is 0 Å². The number of anilines is 1. The van der Waals surface area contributed by atoms with Crippen LogP contribution in [0.3, 0.4) is 0 Å². The summed E-state index contributed by atoms with van der Waals surface area (Å²) in [6.45, 7) is 2.13. The van der Waals surface area contributed by atoms with Gasteiger partial charge in [-0.3, -0.25) is 9.69 Å². The van der Waals surface area contributed by atoms with E-state index in [9.17, 15) is 14.7 Å². The number of carbonyl (C=O) groups excluding carboxylic acids is 1. The van der Waals surface area contributed by atoms with Crippen molar-refractivity contribution in [2.75, 3.05) is 18.5 Å². The first-order valence-corrected chi connectivity index (χ1v) is 7.27. The van der Waals surface area contributed by atoms with Gasteiger partial charge in [-0.1, -0.05) is 31.0 Å². The quantitative estimate of drug-likeness (QED) is 0.896. The molecule has 1 aromatic rings. The monoisotopic (exact) mass is 290 g/mol. The van der Waals surface area contributed by atoms with Crippen LogP contribution in [0.5, 0.6) is 0 Å². The fourth-order valence-electron chi connectivity index (χ4n) is 2.93. The number of nitrogens with zero attached hydrogens (tertiary/aromatic N) is 1. The molecule has 1 fully saturated rings. The molecule has 1 saturated carbocycles. The van der Waals surface area contributed by atoms with Crippen LogP contribution in [-0.2, 0) is 4.79 Å². The minimum atomic E-state index is -0.807. The summed E-state index contributed by atoms with van der Waals surface area (Å²) in [4.78, 5) is 25.2. The summed E-state index contributed by atoms with van der Waals surface area (Å²) in [6, 6.07) is 7.34. The molecule has 0 saturated heterocycles. The normalized spacial score (nSPS) is 16.5. The highest BCUT2D eigenvalue weighted by Gasteiger charge is 2.41. The molecule has 0 aliphatic heterocycles. The molecule has 1 aliphatic carbocycles. The molecule has 21 heavy (non-hydrogen) atoms. The van der Waals surface area contributed by atoms with Crippen molar-refractivity contribution in [3.63, 3.8) is 0 Å². The van der Waals surface area contributed by atoms with Gasteiger partial charge in [0.2, 0.25) is 0 Å². The van der Waals surface area contributed by atoms with Crippen LogP contribution in [0.25, 0.3) is 0 Å². The largest absolute Gasteiger partial charge is 0.481 e. The predicted octanol–water partition coefficient (Wildman–Crippen LogP) is 2.79. The summed E-state index contributed by atoms with van der Waals surface area (Å²) in [6.07, 6.45) is 3.10. The number of aryl methyl sites for hydroxylation is 1. The van der Waals surface area contributed by atoms with Crippen LogP contribution < -0.4 is 10.2 Å². The van der Waals surface area contributed by atoms with E-state index in [0.29, 0.717) is 12.8 Å². The topological polar surface area (TPSA) is 69.6 Å². The van der Waals surface area contributed by atoms with Crippen LogP contribution >= 0.6 is 0 Å². The lowest BCUT2D eigenvalue weighted by molar-refractivity contribution is -0.148. The number of nitrogens with one attached hydrogen (secondary N) is 1. The van der Waals surface area contributed by atoms with E-state index in [4.69, 9.17) is 0 Å².